The molecule has 0 aromatic rings. The molecule has 0 radical (unpaired) electrons. The Balaban J connectivity index is 2.88. The van der Waals surface area contributed by atoms with Crippen molar-refractivity contribution in [3.63, 3.8) is 0 Å². The quantitative estimate of drug-likeness (QED) is 0.395. The van der Waals surface area contributed by atoms with E-state index in [4.69, 9.17) is 0 Å². The van der Waals surface area contributed by atoms with Crippen LogP contribution >= 0.6 is 0 Å². The first kappa shape index (κ1) is 9.67. The molecular weight excluding hydrogens is 127 g/mol. The van der Waals surface area contributed by atoms with Gasteiger partial charge in [-0.25, -0.2) is 0 Å². The van der Waals surface area contributed by atoms with Gasteiger partial charge in [0.15, 0.2) is 0 Å². The summed E-state index contributed by atoms with van der Waals surface area (Å²) in [7, 11) is 0. The van der Waals surface area contributed by atoms with Crippen LogP contribution in [0, 0.1) is 0 Å². The van der Waals surface area contributed by atoms with Gasteiger partial charge < -0.3 is 0 Å². The van der Waals surface area contributed by atoms with E-state index >= 15 is 0 Å². The fraction of sp³-hybridized carbons (Fsp3) is 0.778. The first-order valence-electron chi connectivity index (χ1n) is 4.12. The first-order chi connectivity index (χ1) is 4.91. The highest BCUT2D eigenvalue weighted by molar-refractivity contribution is 4.80. The van der Waals surface area contributed by atoms with E-state index in [0.717, 1.165) is 6.42 Å². The molecule has 0 rings (SSSR count). The Bertz CT molecular complexity index is 76.8. The molecule has 1 heteroatoms. The van der Waals surface area contributed by atoms with Gasteiger partial charge in [-0.05, 0) is 19.3 Å². The van der Waals surface area contributed by atoms with Gasteiger partial charge in [-0.1, -0.05) is 31.9 Å². The lowest BCUT2D eigenvalue weighted by Crippen LogP contribution is -1.72. The Kier molecular flexibility index (Phi) is 8.38. The lowest BCUT2D eigenvalue weighted by atomic mass is 10.2. The zero-order valence-corrected chi connectivity index (χ0v) is 6.78. The molecule has 0 spiro atoms. The molecule has 0 aromatic heterocycles. The number of unbranched alkanes of at least 4 members (excludes halogenated alkanes) is 3. The van der Waals surface area contributed by atoms with Crippen molar-refractivity contribution in [1.29, 1.82) is 0 Å². The smallest absolute Gasteiger partial charge is 0.0928 e. The van der Waals surface area contributed by atoms with Crippen molar-refractivity contribution in [3.8, 4) is 0 Å². The van der Waals surface area contributed by atoms with Crippen molar-refractivity contribution in [2.24, 2.45) is 0 Å². The number of rotatable bonds is 6. The maximum absolute atomic E-state index is 11.5. The van der Waals surface area contributed by atoms with Crippen LogP contribution in [0.5, 0.6) is 0 Å². The van der Waals surface area contributed by atoms with Crippen LogP contribution in [0.1, 0.15) is 39.0 Å². The Labute approximate surface area is 63.1 Å². The first-order valence-corrected chi connectivity index (χ1v) is 4.12. The Morgan fingerprint density at radius 1 is 1.10 bits per heavy atom. The highest BCUT2D eigenvalue weighted by Gasteiger charge is 1.80. The van der Waals surface area contributed by atoms with Crippen LogP contribution < -0.4 is 0 Å². The summed E-state index contributed by atoms with van der Waals surface area (Å²) in [5.74, 6) is 0. The van der Waals surface area contributed by atoms with Crippen LogP contribution in [0.15, 0.2) is 12.2 Å². The van der Waals surface area contributed by atoms with Crippen LogP contribution in [0.4, 0.5) is 4.39 Å². The Morgan fingerprint density at radius 3 is 2.40 bits per heavy atom. The van der Waals surface area contributed by atoms with Crippen molar-refractivity contribution in [2.45, 2.75) is 39.0 Å². The van der Waals surface area contributed by atoms with Crippen LogP contribution in [-0.4, -0.2) is 6.67 Å². The molecule has 60 valence electrons. The number of halogens is 1. The highest BCUT2D eigenvalue weighted by atomic mass is 19.1. The van der Waals surface area contributed by atoms with Gasteiger partial charge in [-0.2, -0.15) is 0 Å². The lowest BCUT2D eigenvalue weighted by molar-refractivity contribution is 0.500. The van der Waals surface area contributed by atoms with Gasteiger partial charge in [0.05, 0.1) is 6.67 Å². The summed E-state index contributed by atoms with van der Waals surface area (Å²) in [6.07, 6.45) is 9.51. The average Bonchev–Trinajstić information content (AvgIpc) is 1.97. The van der Waals surface area contributed by atoms with E-state index in [-0.39, 0.29) is 6.67 Å². The van der Waals surface area contributed by atoms with Crippen molar-refractivity contribution >= 4 is 0 Å². The van der Waals surface area contributed by atoms with Crippen molar-refractivity contribution in [3.05, 3.63) is 12.2 Å². The van der Waals surface area contributed by atoms with E-state index in [0.29, 0.717) is 6.42 Å². The van der Waals surface area contributed by atoms with Gasteiger partial charge in [-0.3, -0.25) is 4.39 Å². The van der Waals surface area contributed by atoms with Crippen molar-refractivity contribution in [1.82, 2.24) is 0 Å². The molecule has 0 heterocycles. The fourth-order valence-electron chi connectivity index (χ4n) is 0.811. The van der Waals surface area contributed by atoms with Crippen LogP contribution in [0.2, 0.25) is 0 Å². The van der Waals surface area contributed by atoms with Gasteiger partial charge in [0.1, 0.15) is 0 Å². The summed E-state index contributed by atoms with van der Waals surface area (Å²) in [6, 6.07) is 0. The van der Waals surface area contributed by atoms with Gasteiger partial charge in [0.25, 0.3) is 0 Å². The lowest BCUT2D eigenvalue weighted by Gasteiger charge is -1.90. The predicted octanol–water partition coefficient (Wildman–Crippen LogP) is 3.48. The highest BCUT2D eigenvalue weighted by Crippen LogP contribution is 1.99. The zero-order valence-electron chi connectivity index (χ0n) is 6.78. The fourth-order valence-corrected chi connectivity index (χ4v) is 0.811. The maximum Gasteiger partial charge on any atom is 0.0928 e. The molecule has 0 aromatic carbocycles. The average molecular weight is 144 g/mol. The van der Waals surface area contributed by atoms with Gasteiger partial charge in [-0.15, -0.1) is 0 Å². The van der Waals surface area contributed by atoms with E-state index in [2.05, 4.69) is 13.0 Å². The largest absolute Gasteiger partial charge is 0.251 e. The molecular formula is C9H17F. The van der Waals surface area contributed by atoms with Gasteiger partial charge in [0.2, 0.25) is 0 Å². The predicted molar refractivity (Wildman–Crippen MR) is 43.9 cm³/mol. The van der Waals surface area contributed by atoms with E-state index < -0.39 is 0 Å². The summed E-state index contributed by atoms with van der Waals surface area (Å²) >= 11 is 0. The van der Waals surface area contributed by atoms with E-state index in [1.165, 1.54) is 19.3 Å². The van der Waals surface area contributed by atoms with Crippen molar-refractivity contribution in [2.75, 3.05) is 6.67 Å². The normalized spacial score (nSPS) is 11.0. The number of alkyl halides is 1. The SMILES string of the molecule is CCCCCC=CCCF. The molecule has 0 amide bonds. The summed E-state index contributed by atoms with van der Waals surface area (Å²) in [5.41, 5.74) is 0. The zero-order chi connectivity index (χ0) is 7.66. The maximum atomic E-state index is 11.5. The molecule has 0 bridgehead atoms. The molecule has 0 N–H and O–H groups in total. The van der Waals surface area contributed by atoms with Gasteiger partial charge in [0, 0.05) is 0 Å². The summed E-state index contributed by atoms with van der Waals surface area (Å²) in [5, 5.41) is 0. The Morgan fingerprint density at radius 2 is 1.80 bits per heavy atom. The molecule has 0 saturated carbocycles. The van der Waals surface area contributed by atoms with E-state index in [9.17, 15) is 4.39 Å². The second-order valence-electron chi connectivity index (χ2n) is 2.44. The minimum Gasteiger partial charge on any atom is -0.251 e. The molecule has 0 aliphatic carbocycles. The number of allylic oxidation sites excluding steroid dienone is 2. The second-order valence-corrected chi connectivity index (χ2v) is 2.44. The monoisotopic (exact) mass is 144 g/mol. The van der Waals surface area contributed by atoms with Crippen molar-refractivity contribution < 1.29 is 4.39 Å². The third-order valence-corrected chi connectivity index (χ3v) is 1.42. The standard InChI is InChI=1S/C9H17F/c1-2-3-4-5-6-7-8-9-10/h6-7H,2-5,8-9H2,1H3. The molecule has 0 saturated heterocycles. The van der Waals surface area contributed by atoms with E-state index in [1.54, 1.807) is 0 Å². The van der Waals surface area contributed by atoms with Crippen LogP contribution in [0.25, 0.3) is 0 Å². The third kappa shape index (κ3) is 7.67. The minimum atomic E-state index is -0.218. The molecule has 0 atom stereocenters. The number of hydrogen-bond donors (Lipinski definition) is 0. The molecule has 0 aliphatic heterocycles. The number of hydrogen-bond acceptors (Lipinski definition) is 0. The second kappa shape index (κ2) is 8.67. The third-order valence-electron chi connectivity index (χ3n) is 1.42. The minimum absolute atomic E-state index is 0.218. The summed E-state index contributed by atoms with van der Waals surface area (Å²) in [4.78, 5) is 0. The van der Waals surface area contributed by atoms with Crippen LogP contribution in [0.3, 0.4) is 0 Å². The molecule has 0 nitrogen and oxygen atoms in total. The van der Waals surface area contributed by atoms with E-state index in [1.807, 2.05) is 6.08 Å². The molecule has 0 aliphatic rings. The summed E-state index contributed by atoms with van der Waals surface area (Å²) < 4.78 is 11.5. The summed E-state index contributed by atoms with van der Waals surface area (Å²) in [6.45, 7) is 1.97. The Hall–Kier alpha value is -0.330. The van der Waals surface area contributed by atoms with Crippen LogP contribution in [-0.2, 0) is 0 Å². The molecule has 0 fully saturated rings. The molecule has 10 heavy (non-hydrogen) atoms. The topological polar surface area (TPSA) is 0 Å². The molecule has 0 unspecified atom stereocenters. The van der Waals surface area contributed by atoms with Gasteiger partial charge >= 0.3 is 0 Å².